The van der Waals surface area contributed by atoms with Crippen molar-refractivity contribution in [1.29, 1.82) is 0 Å². The van der Waals surface area contributed by atoms with Gasteiger partial charge in [-0.2, -0.15) is 0 Å². The molecule has 0 saturated heterocycles. The monoisotopic (exact) mass is 347 g/mol. The Labute approximate surface area is 143 Å². The molecule has 2 N–H and O–H groups in total. The van der Waals surface area contributed by atoms with Gasteiger partial charge in [-0.15, -0.1) is 0 Å². The fourth-order valence-corrected chi connectivity index (χ4v) is 1.77. The van der Waals surface area contributed by atoms with Crippen molar-refractivity contribution in [2.45, 2.75) is 13.8 Å². The van der Waals surface area contributed by atoms with Gasteiger partial charge in [-0.3, -0.25) is 9.59 Å². The molecule has 0 radical (unpaired) electrons. The van der Waals surface area contributed by atoms with Gasteiger partial charge in [0.15, 0.2) is 13.2 Å². The fraction of sp³-hybridized carbons (Fsp3) is 0.250. The van der Waals surface area contributed by atoms with E-state index in [1.54, 1.807) is 31.2 Å². The third-order valence-corrected chi connectivity index (χ3v) is 2.80. The van der Waals surface area contributed by atoms with Crippen LogP contribution in [-0.2, 0) is 19.1 Å². The largest absolute Gasteiger partial charge is 0.463 e. The first-order valence-electron chi connectivity index (χ1n) is 7.31. The van der Waals surface area contributed by atoms with Gasteiger partial charge in [0.2, 0.25) is 5.91 Å². The molecule has 132 valence electrons. The number of aryl methyl sites for hydroxylation is 1. The van der Waals surface area contributed by atoms with Gasteiger partial charge in [-0.05, 0) is 36.3 Å². The highest BCUT2D eigenvalue weighted by Crippen LogP contribution is 2.13. The quantitative estimate of drug-likeness (QED) is 0.728. The number of ether oxygens (including phenoxy) is 2. The lowest BCUT2D eigenvalue weighted by Gasteiger charge is -2.08. The van der Waals surface area contributed by atoms with Crippen LogP contribution < -0.4 is 15.4 Å². The average molecular weight is 347 g/mol. The van der Waals surface area contributed by atoms with E-state index in [4.69, 9.17) is 14.0 Å². The zero-order valence-electron chi connectivity index (χ0n) is 13.7. The maximum atomic E-state index is 11.7. The highest BCUT2D eigenvalue weighted by atomic mass is 16.6. The number of aromatic nitrogens is 1. The van der Waals surface area contributed by atoms with Crippen LogP contribution in [0.3, 0.4) is 0 Å². The minimum atomic E-state index is -0.711. The van der Waals surface area contributed by atoms with E-state index in [1.165, 1.54) is 13.0 Å². The van der Waals surface area contributed by atoms with E-state index < -0.39 is 18.5 Å². The topological polar surface area (TPSA) is 120 Å². The molecule has 0 aliphatic carbocycles. The van der Waals surface area contributed by atoms with Crippen LogP contribution in [0.1, 0.15) is 12.7 Å². The molecule has 0 aliphatic heterocycles. The van der Waals surface area contributed by atoms with E-state index in [1.807, 2.05) is 0 Å². The predicted octanol–water partition coefficient (Wildman–Crippen LogP) is 1.50. The number of benzene rings is 1. The third kappa shape index (κ3) is 6.34. The maximum Gasteiger partial charge on any atom is 0.344 e. The highest BCUT2D eigenvalue weighted by molar-refractivity contribution is 5.93. The number of hydrogen-bond acceptors (Lipinski definition) is 7. The summed E-state index contributed by atoms with van der Waals surface area (Å²) in [5.41, 5.74) is 1.11. The molecule has 0 fully saturated rings. The Hall–Kier alpha value is -3.36. The first-order chi connectivity index (χ1) is 11.9. The number of nitrogens with zero attached hydrogens (tertiary/aromatic N) is 1. The molecule has 1 aromatic heterocycles. The van der Waals surface area contributed by atoms with Crippen LogP contribution in [0.4, 0.5) is 11.4 Å². The predicted molar refractivity (Wildman–Crippen MR) is 87.1 cm³/mol. The number of carbonyl (C=O) groups excluding carboxylic acids is 3. The molecule has 1 aromatic carbocycles. The van der Waals surface area contributed by atoms with Gasteiger partial charge >= 0.3 is 5.97 Å². The molecule has 2 aromatic rings. The van der Waals surface area contributed by atoms with Crippen molar-refractivity contribution in [1.82, 2.24) is 5.16 Å². The van der Waals surface area contributed by atoms with Crippen molar-refractivity contribution in [3.63, 3.8) is 0 Å². The van der Waals surface area contributed by atoms with E-state index in [0.717, 1.165) is 0 Å². The Morgan fingerprint density at radius 3 is 2.28 bits per heavy atom. The summed E-state index contributed by atoms with van der Waals surface area (Å²) in [4.78, 5) is 34.2. The van der Waals surface area contributed by atoms with Gasteiger partial charge < -0.3 is 24.6 Å². The molecule has 25 heavy (non-hydrogen) atoms. The molecule has 2 rings (SSSR count). The zero-order chi connectivity index (χ0) is 18.2. The second kappa shape index (κ2) is 8.48. The molecule has 0 spiro atoms. The van der Waals surface area contributed by atoms with Gasteiger partial charge in [-0.1, -0.05) is 0 Å². The molecule has 9 heteroatoms. The number of amides is 2. The van der Waals surface area contributed by atoms with Gasteiger partial charge in [0.25, 0.3) is 11.8 Å². The molecule has 0 saturated carbocycles. The van der Waals surface area contributed by atoms with Crippen molar-refractivity contribution in [2.75, 3.05) is 23.8 Å². The summed E-state index contributed by atoms with van der Waals surface area (Å²) in [6.07, 6.45) is 0. The molecular formula is C16H17N3O6. The van der Waals surface area contributed by atoms with Gasteiger partial charge in [-0.25, -0.2) is 4.79 Å². The Morgan fingerprint density at radius 1 is 1.08 bits per heavy atom. The normalized spacial score (nSPS) is 10.0. The summed E-state index contributed by atoms with van der Waals surface area (Å²) in [5.74, 6) is -0.688. The minimum absolute atomic E-state index is 0.165. The summed E-state index contributed by atoms with van der Waals surface area (Å²) in [5, 5.41) is 8.72. The summed E-state index contributed by atoms with van der Waals surface area (Å²) < 4.78 is 14.6. The number of nitrogens with one attached hydrogen (secondary N) is 2. The van der Waals surface area contributed by atoms with E-state index in [0.29, 0.717) is 17.1 Å². The Bertz CT molecular complexity index is 753. The standard InChI is InChI=1S/C16H17N3O6/c1-10-7-15(19-25-10)23-9-16(22)24-8-14(21)18-13-5-3-12(4-6-13)17-11(2)20/h3-7H,8-9H2,1-2H3,(H,17,20)(H,18,21). The van der Waals surface area contributed by atoms with Crippen LogP contribution in [0, 0.1) is 6.92 Å². The second-order valence-corrected chi connectivity index (χ2v) is 5.03. The minimum Gasteiger partial charge on any atom is -0.463 e. The van der Waals surface area contributed by atoms with E-state index in [-0.39, 0.29) is 18.4 Å². The van der Waals surface area contributed by atoms with Gasteiger partial charge in [0.1, 0.15) is 5.76 Å². The molecule has 0 atom stereocenters. The molecule has 0 aliphatic rings. The number of esters is 1. The van der Waals surface area contributed by atoms with Crippen molar-refractivity contribution in [3.8, 4) is 5.88 Å². The van der Waals surface area contributed by atoms with Crippen molar-refractivity contribution in [2.24, 2.45) is 0 Å². The van der Waals surface area contributed by atoms with E-state index in [9.17, 15) is 14.4 Å². The molecule has 9 nitrogen and oxygen atoms in total. The summed E-state index contributed by atoms with van der Waals surface area (Å²) in [7, 11) is 0. The Kier molecular flexibility index (Phi) is 6.10. The number of rotatable bonds is 7. The zero-order valence-corrected chi connectivity index (χ0v) is 13.7. The lowest BCUT2D eigenvalue weighted by atomic mass is 10.2. The van der Waals surface area contributed by atoms with Crippen LogP contribution in [0.5, 0.6) is 5.88 Å². The van der Waals surface area contributed by atoms with Gasteiger partial charge in [0.05, 0.1) is 0 Å². The molecule has 0 bridgehead atoms. The second-order valence-electron chi connectivity index (χ2n) is 5.03. The van der Waals surface area contributed by atoms with Crippen LogP contribution in [0.25, 0.3) is 0 Å². The lowest BCUT2D eigenvalue weighted by molar-refractivity contribution is -0.149. The fourth-order valence-electron chi connectivity index (χ4n) is 1.77. The summed E-state index contributed by atoms with van der Waals surface area (Å²) in [6, 6.07) is 8.01. The molecule has 2 amide bonds. The number of carbonyl (C=O) groups is 3. The van der Waals surface area contributed by atoms with E-state index in [2.05, 4.69) is 15.8 Å². The first kappa shape index (κ1) is 18.0. The van der Waals surface area contributed by atoms with Crippen molar-refractivity contribution < 1.29 is 28.4 Å². The van der Waals surface area contributed by atoms with Crippen LogP contribution in [-0.4, -0.2) is 36.2 Å². The number of hydrogen-bond donors (Lipinski definition) is 2. The van der Waals surface area contributed by atoms with Crippen LogP contribution >= 0.6 is 0 Å². The van der Waals surface area contributed by atoms with Crippen molar-refractivity contribution in [3.05, 3.63) is 36.1 Å². The Balaban J connectivity index is 1.70. The van der Waals surface area contributed by atoms with Crippen molar-refractivity contribution >= 4 is 29.2 Å². The third-order valence-electron chi connectivity index (χ3n) is 2.80. The smallest absolute Gasteiger partial charge is 0.344 e. The van der Waals surface area contributed by atoms with Crippen LogP contribution in [0.15, 0.2) is 34.9 Å². The highest BCUT2D eigenvalue weighted by Gasteiger charge is 2.10. The summed E-state index contributed by atoms with van der Waals surface area (Å²) in [6.45, 7) is 2.25. The SMILES string of the molecule is CC(=O)Nc1ccc(NC(=O)COC(=O)COc2cc(C)on2)cc1. The molecule has 0 unspecified atom stereocenters. The summed E-state index contributed by atoms with van der Waals surface area (Å²) >= 11 is 0. The molecule has 1 heterocycles. The van der Waals surface area contributed by atoms with E-state index >= 15 is 0 Å². The molecular weight excluding hydrogens is 330 g/mol. The van der Waals surface area contributed by atoms with Gasteiger partial charge in [0, 0.05) is 24.4 Å². The lowest BCUT2D eigenvalue weighted by Crippen LogP contribution is -2.23. The Morgan fingerprint density at radius 2 is 1.72 bits per heavy atom. The average Bonchev–Trinajstić information content (AvgIpc) is 2.98. The number of anilines is 2. The first-order valence-corrected chi connectivity index (χ1v) is 7.31. The maximum absolute atomic E-state index is 11.7. The van der Waals surface area contributed by atoms with Crippen LogP contribution in [0.2, 0.25) is 0 Å².